The summed E-state index contributed by atoms with van der Waals surface area (Å²) in [7, 11) is 4.99. The fourth-order valence-corrected chi connectivity index (χ4v) is 4.06. The van der Waals surface area contributed by atoms with Gasteiger partial charge in [0, 0.05) is 44.9 Å². The number of rotatable bonds is 5. The van der Waals surface area contributed by atoms with E-state index in [1.54, 1.807) is 33.5 Å². The fraction of sp³-hybridized carbons (Fsp3) is 0.650. The molecule has 1 aromatic carbocycles. The number of likely N-dealkylation sites (tertiary alicyclic amines) is 2. The number of nitrogens with zero attached hydrogens (tertiary/aromatic N) is 2. The van der Waals surface area contributed by atoms with Gasteiger partial charge < -0.3 is 24.0 Å². The minimum atomic E-state index is 0.0718. The molecule has 6 heteroatoms. The lowest BCUT2D eigenvalue weighted by Crippen LogP contribution is -2.49. The maximum atomic E-state index is 12.8. The van der Waals surface area contributed by atoms with E-state index in [9.17, 15) is 4.79 Å². The van der Waals surface area contributed by atoms with Gasteiger partial charge in [-0.2, -0.15) is 0 Å². The average Bonchev–Trinajstić information content (AvgIpc) is 2.73. The first-order valence-electron chi connectivity index (χ1n) is 9.44. The molecule has 1 amide bonds. The van der Waals surface area contributed by atoms with Crippen LogP contribution in [0.3, 0.4) is 0 Å². The second kappa shape index (κ2) is 8.73. The van der Waals surface area contributed by atoms with E-state index in [2.05, 4.69) is 4.90 Å². The first-order valence-corrected chi connectivity index (χ1v) is 9.44. The summed E-state index contributed by atoms with van der Waals surface area (Å²) in [5, 5.41) is 0. The van der Waals surface area contributed by atoms with Gasteiger partial charge in [-0.3, -0.25) is 4.79 Å². The van der Waals surface area contributed by atoms with Crippen LogP contribution in [0.25, 0.3) is 0 Å². The Labute approximate surface area is 156 Å². The molecule has 0 atom stereocenters. The number of hydrogen-bond acceptors (Lipinski definition) is 5. The van der Waals surface area contributed by atoms with Crippen LogP contribution < -0.4 is 9.47 Å². The van der Waals surface area contributed by atoms with Gasteiger partial charge in [0.1, 0.15) is 0 Å². The highest BCUT2D eigenvalue weighted by Gasteiger charge is 2.30. The van der Waals surface area contributed by atoms with Crippen molar-refractivity contribution in [1.82, 2.24) is 9.80 Å². The van der Waals surface area contributed by atoms with E-state index in [1.807, 2.05) is 11.0 Å². The largest absolute Gasteiger partial charge is 0.493 e. The number of methoxy groups -OCH3 is 3. The van der Waals surface area contributed by atoms with Crippen molar-refractivity contribution in [3.8, 4) is 11.5 Å². The number of hydrogen-bond donors (Lipinski definition) is 0. The van der Waals surface area contributed by atoms with Crippen molar-refractivity contribution in [2.45, 2.75) is 37.8 Å². The Hall–Kier alpha value is -1.79. The number of piperidine rings is 2. The van der Waals surface area contributed by atoms with E-state index in [0.29, 0.717) is 29.2 Å². The molecule has 2 fully saturated rings. The van der Waals surface area contributed by atoms with Crippen molar-refractivity contribution in [1.29, 1.82) is 0 Å². The number of amides is 1. The van der Waals surface area contributed by atoms with Crippen molar-refractivity contribution < 1.29 is 19.0 Å². The molecule has 0 aromatic heterocycles. The summed E-state index contributed by atoms with van der Waals surface area (Å²) in [6.07, 6.45) is 4.72. The van der Waals surface area contributed by atoms with Crippen LogP contribution >= 0.6 is 0 Å². The predicted octanol–water partition coefficient (Wildman–Crippen LogP) is 2.42. The highest BCUT2D eigenvalue weighted by molar-refractivity contribution is 5.95. The lowest BCUT2D eigenvalue weighted by Gasteiger charge is -2.41. The van der Waals surface area contributed by atoms with Crippen molar-refractivity contribution in [2.24, 2.45) is 0 Å². The van der Waals surface area contributed by atoms with E-state index in [4.69, 9.17) is 14.2 Å². The molecule has 1 aromatic rings. The van der Waals surface area contributed by atoms with Gasteiger partial charge in [-0.15, -0.1) is 0 Å². The highest BCUT2D eigenvalue weighted by atomic mass is 16.5. The minimum Gasteiger partial charge on any atom is -0.493 e. The summed E-state index contributed by atoms with van der Waals surface area (Å²) in [5.74, 6) is 1.30. The van der Waals surface area contributed by atoms with Crippen molar-refractivity contribution in [2.75, 3.05) is 47.5 Å². The Morgan fingerprint density at radius 2 is 1.58 bits per heavy atom. The maximum Gasteiger partial charge on any atom is 0.253 e. The molecule has 0 radical (unpaired) electrons. The third kappa shape index (κ3) is 4.13. The quantitative estimate of drug-likeness (QED) is 0.805. The Bertz CT molecular complexity index is 606. The number of benzene rings is 1. The van der Waals surface area contributed by atoms with Crippen molar-refractivity contribution in [3.05, 3.63) is 23.8 Å². The Kier molecular flexibility index (Phi) is 6.38. The van der Waals surface area contributed by atoms with E-state index in [1.165, 1.54) is 0 Å². The zero-order chi connectivity index (χ0) is 18.5. The molecule has 0 saturated carbocycles. The first-order chi connectivity index (χ1) is 12.7. The number of carbonyl (C=O) groups is 1. The van der Waals surface area contributed by atoms with Crippen molar-refractivity contribution >= 4 is 5.91 Å². The molecular formula is C20H30N2O4. The second-order valence-electron chi connectivity index (χ2n) is 7.06. The van der Waals surface area contributed by atoms with Gasteiger partial charge in [0.05, 0.1) is 20.3 Å². The van der Waals surface area contributed by atoms with Gasteiger partial charge in [0.15, 0.2) is 11.5 Å². The molecule has 144 valence electrons. The molecule has 2 saturated heterocycles. The molecule has 0 bridgehead atoms. The van der Waals surface area contributed by atoms with Crippen LogP contribution in [-0.2, 0) is 4.74 Å². The summed E-state index contributed by atoms with van der Waals surface area (Å²) in [4.78, 5) is 17.4. The smallest absolute Gasteiger partial charge is 0.253 e. The fourth-order valence-electron chi connectivity index (χ4n) is 4.06. The van der Waals surface area contributed by atoms with Gasteiger partial charge in [0.25, 0.3) is 5.91 Å². The number of carbonyl (C=O) groups excluding carboxylic acids is 1. The van der Waals surface area contributed by atoms with Gasteiger partial charge in [0.2, 0.25) is 0 Å². The van der Waals surface area contributed by atoms with Crippen LogP contribution in [0.15, 0.2) is 18.2 Å². The molecular weight excluding hydrogens is 332 g/mol. The third-order valence-electron chi connectivity index (χ3n) is 5.71. The van der Waals surface area contributed by atoms with Crippen LogP contribution in [0.2, 0.25) is 0 Å². The molecule has 2 aliphatic rings. The van der Waals surface area contributed by atoms with E-state index in [0.717, 1.165) is 51.9 Å². The minimum absolute atomic E-state index is 0.0718. The van der Waals surface area contributed by atoms with Crippen LogP contribution in [0.1, 0.15) is 36.0 Å². The van der Waals surface area contributed by atoms with Gasteiger partial charge in [-0.05, 0) is 43.9 Å². The van der Waals surface area contributed by atoms with Gasteiger partial charge >= 0.3 is 0 Å². The average molecular weight is 362 g/mol. The molecule has 2 aliphatic heterocycles. The molecule has 0 aliphatic carbocycles. The monoisotopic (exact) mass is 362 g/mol. The highest BCUT2D eigenvalue weighted by Crippen LogP contribution is 2.29. The van der Waals surface area contributed by atoms with E-state index in [-0.39, 0.29) is 5.91 Å². The van der Waals surface area contributed by atoms with E-state index >= 15 is 0 Å². The molecule has 6 nitrogen and oxygen atoms in total. The summed E-state index contributed by atoms with van der Waals surface area (Å²) in [6, 6.07) is 5.95. The first kappa shape index (κ1) is 19.0. The molecule has 0 spiro atoms. The van der Waals surface area contributed by atoms with Gasteiger partial charge in [-0.25, -0.2) is 0 Å². The van der Waals surface area contributed by atoms with Crippen LogP contribution in [-0.4, -0.2) is 75.4 Å². The molecule has 26 heavy (non-hydrogen) atoms. The lowest BCUT2D eigenvalue weighted by atomic mass is 9.98. The standard InChI is InChI=1S/C20H30N2O4/c1-24-17-8-12-21(13-9-17)16-6-10-22(11-7-16)20(23)15-4-5-18(25-2)19(14-15)26-3/h4-5,14,16-17H,6-13H2,1-3H3. The Balaban J connectivity index is 1.55. The summed E-state index contributed by atoms with van der Waals surface area (Å²) in [5.41, 5.74) is 0.655. The normalized spacial score (nSPS) is 20.2. The predicted molar refractivity (Wildman–Crippen MR) is 100 cm³/mol. The SMILES string of the molecule is COc1ccc(C(=O)N2CCC(N3CCC(OC)CC3)CC2)cc1OC. The molecule has 0 N–H and O–H groups in total. The second-order valence-corrected chi connectivity index (χ2v) is 7.06. The summed E-state index contributed by atoms with van der Waals surface area (Å²) in [6.45, 7) is 3.82. The molecule has 2 heterocycles. The lowest BCUT2D eigenvalue weighted by molar-refractivity contribution is 0.0145. The third-order valence-corrected chi connectivity index (χ3v) is 5.71. The molecule has 0 unspecified atom stereocenters. The zero-order valence-electron chi connectivity index (χ0n) is 16.1. The van der Waals surface area contributed by atoms with Crippen molar-refractivity contribution in [3.63, 3.8) is 0 Å². The summed E-state index contributed by atoms with van der Waals surface area (Å²) >= 11 is 0. The molecule has 3 rings (SSSR count). The number of ether oxygens (including phenoxy) is 3. The van der Waals surface area contributed by atoms with Crippen LogP contribution in [0.4, 0.5) is 0 Å². The Morgan fingerprint density at radius 3 is 2.15 bits per heavy atom. The Morgan fingerprint density at radius 1 is 0.923 bits per heavy atom. The zero-order valence-corrected chi connectivity index (χ0v) is 16.1. The van der Waals surface area contributed by atoms with Crippen LogP contribution in [0.5, 0.6) is 11.5 Å². The maximum absolute atomic E-state index is 12.8. The summed E-state index contributed by atoms with van der Waals surface area (Å²) < 4.78 is 16.0. The van der Waals surface area contributed by atoms with Crippen LogP contribution in [0, 0.1) is 0 Å². The topological polar surface area (TPSA) is 51.2 Å². The van der Waals surface area contributed by atoms with E-state index < -0.39 is 0 Å². The van der Waals surface area contributed by atoms with Gasteiger partial charge in [-0.1, -0.05) is 0 Å².